The van der Waals surface area contributed by atoms with E-state index in [0.717, 1.165) is 57.8 Å². The number of rotatable bonds is 37. The maximum atomic E-state index is 12.6. The molecule has 0 saturated heterocycles. The average Bonchev–Trinajstić information content (AvgIpc) is 3.07. The average molecular weight is 676 g/mol. The van der Waals surface area contributed by atoms with Crippen LogP contribution in [0, 0.1) is 0 Å². The number of amides is 1. The van der Waals surface area contributed by atoms with Crippen LogP contribution in [-0.2, 0) is 19.1 Å². The van der Waals surface area contributed by atoms with Gasteiger partial charge in [-0.3, -0.25) is 14.4 Å². The number of nitrogens with one attached hydrogen (secondary N) is 1. The van der Waals surface area contributed by atoms with Crippen molar-refractivity contribution in [2.45, 2.75) is 219 Å². The fourth-order valence-corrected chi connectivity index (χ4v) is 6.04. The summed E-state index contributed by atoms with van der Waals surface area (Å²) in [4.78, 5) is 34.8. The summed E-state index contributed by atoms with van der Waals surface area (Å²) in [6.45, 7) is 4.16. The summed E-state index contributed by atoms with van der Waals surface area (Å²) < 4.78 is 5.87. The molecule has 0 heterocycles. The van der Waals surface area contributed by atoms with E-state index in [0.29, 0.717) is 12.8 Å². The highest BCUT2D eigenvalue weighted by Crippen LogP contribution is 2.16. The first-order valence-corrected chi connectivity index (χ1v) is 20.5. The van der Waals surface area contributed by atoms with E-state index in [9.17, 15) is 14.4 Å². The Balaban J connectivity index is 3.94. The fourth-order valence-electron chi connectivity index (χ4n) is 6.04. The number of carboxylic acids is 1. The molecule has 1 amide bonds. The van der Waals surface area contributed by atoms with Crippen LogP contribution in [-0.4, -0.2) is 35.6 Å². The van der Waals surface area contributed by atoms with Gasteiger partial charge in [0.1, 0.15) is 12.6 Å². The molecular weight excluding hydrogens is 598 g/mol. The van der Waals surface area contributed by atoms with E-state index in [-0.39, 0.29) is 24.5 Å². The van der Waals surface area contributed by atoms with Crippen LogP contribution in [0.3, 0.4) is 0 Å². The lowest BCUT2D eigenvalue weighted by Gasteiger charge is -2.14. The molecule has 0 aromatic carbocycles. The van der Waals surface area contributed by atoms with Crippen LogP contribution in [0.5, 0.6) is 0 Å². The number of carboxylic acid groups (broad SMARTS) is 1. The van der Waals surface area contributed by atoms with Gasteiger partial charge in [-0.2, -0.15) is 0 Å². The standard InChI is InChI=1S/C42H77NO5/c1-3-5-7-9-11-12-13-14-15-16-17-18-19-20-21-22-23-25-27-33-37-42(47)48-39(34-30-26-24-10-8-6-4-2)35-31-28-29-32-36-40(44)43-38-41(45)46/h10,24,30,34,39H,3-9,11-23,25-29,31-33,35-38H2,1-2H3,(H,43,44)(H,45,46)/b24-10-,34-30-. The first-order valence-electron chi connectivity index (χ1n) is 20.5. The van der Waals surface area contributed by atoms with Crippen molar-refractivity contribution >= 4 is 17.8 Å². The second kappa shape index (κ2) is 37.7. The SMILES string of the molecule is CCCC/C=C\C/C=C\C(CCCCCCC(=O)NCC(=O)O)OC(=O)CCCCCCCCCCCCCCCCCCCCCC. The van der Waals surface area contributed by atoms with Crippen LogP contribution in [0.15, 0.2) is 24.3 Å². The monoisotopic (exact) mass is 676 g/mol. The Kier molecular flexibility index (Phi) is 36.0. The predicted octanol–water partition coefficient (Wildman–Crippen LogP) is 12.3. The van der Waals surface area contributed by atoms with Gasteiger partial charge in [0.15, 0.2) is 0 Å². The van der Waals surface area contributed by atoms with Crippen molar-refractivity contribution in [3.05, 3.63) is 24.3 Å². The first kappa shape index (κ1) is 45.9. The minimum atomic E-state index is -1.03. The summed E-state index contributed by atoms with van der Waals surface area (Å²) in [6, 6.07) is 0. The van der Waals surface area contributed by atoms with E-state index >= 15 is 0 Å². The highest BCUT2D eigenvalue weighted by Gasteiger charge is 2.12. The number of unbranched alkanes of at least 4 members (excludes halogenated alkanes) is 24. The molecule has 0 radical (unpaired) electrons. The molecule has 0 aliphatic rings. The fraction of sp³-hybridized carbons (Fsp3) is 0.833. The maximum Gasteiger partial charge on any atom is 0.322 e. The van der Waals surface area contributed by atoms with Gasteiger partial charge < -0.3 is 15.2 Å². The molecule has 0 rings (SSSR count). The van der Waals surface area contributed by atoms with Gasteiger partial charge in [-0.25, -0.2) is 0 Å². The van der Waals surface area contributed by atoms with Crippen molar-refractivity contribution in [2.24, 2.45) is 0 Å². The van der Waals surface area contributed by atoms with Gasteiger partial charge in [0.05, 0.1) is 0 Å². The molecule has 0 aliphatic carbocycles. The molecule has 0 aromatic rings. The first-order chi connectivity index (χ1) is 23.5. The van der Waals surface area contributed by atoms with Gasteiger partial charge in [-0.05, 0) is 44.6 Å². The summed E-state index contributed by atoms with van der Waals surface area (Å²) in [5, 5.41) is 11.1. The van der Waals surface area contributed by atoms with Crippen LogP contribution in [0.4, 0.5) is 0 Å². The third-order valence-corrected chi connectivity index (χ3v) is 9.11. The molecule has 2 N–H and O–H groups in total. The zero-order chi connectivity index (χ0) is 35.2. The zero-order valence-corrected chi connectivity index (χ0v) is 31.6. The number of carbonyl (C=O) groups excluding carboxylic acids is 2. The molecule has 0 fully saturated rings. The molecule has 0 bridgehead atoms. The molecule has 48 heavy (non-hydrogen) atoms. The number of hydrogen-bond acceptors (Lipinski definition) is 4. The van der Waals surface area contributed by atoms with Crippen molar-refractivity contribution < 1.29 is 24.2 Å². The molecule has 6 heteroatoms. The molecule has 1 atom stereocenters. The minimum Gasteiger partial charge on any atom is -0.480 e. The third-order valence-electron chi connectivity index (χ3n) is 9.11. The molecule has 1 unspecified atom stereocenters. The van der Waals surface area contributed by atoms with Gasteiger partial charge >= 0.3 is 11.9 Å². The van der Waals surface area contributed by atoms with Crippen LogP contribution < -0.4 is 5.32 Å². The number of ether oxygens (including phenoxy) is 1. The lowest BCUT2D eigenvalue weighted by atomic mass is 10.0. The molecule has 0 spiro atoms. The number of allylic oxidation sites excluding steroid dienone is 3. The Hall–Kier alpha value is -2.11. The van der Waals surface area contributed by atoms with E-state index < -0.39 is 5.97 Å². The predicted molar refractivity (Wildman–Crippen MR) is 203 cm³/mol. The Morgan fingerprint density at radius 2 is 1.02 bits per heavy atom. The largest absolute Gasteiger partial charge is 0.480 e. The highest BCUT2D eigenvalue weighted by molar-refractivity contribution is 5.80. The van der Waals surface area contributed by atoms with E-state index in [1.165, 1.54) is 128 Å². The van der Waals surface area contributed by atoms with Crippen LogP contribution in [0.1, 0.15) is 213 Å². The summed E-state index contributed by atoms with van der Waals surface area (Å²) in [6.07, 6.45) is 44.8. The summed E-state index contributed by atoms with van der Waals surface area (Å²) in [5.41, 5.74) is 0. The smallest absolute Gasteiger partial charge is 0.322 e. The summed E-state index contributed by atoms with van der Waals surface area (Å²) in [7, 11) is 0. The Bertz CT molecular complexity index is 793. The topological polar surface area (TPSA) is 92.7 Å². The van der Waals surface area contributed by atoms with E-state index in [1.54, 1.807) is 0 Å². The molecule has 0 saturated carbocycles. The van der Waals surface area contributed by atoms with Gasteiger partial charge in [-0.15, -0.1) is 0 Å². The number of esters is 1. The molecular formula is C42H77NO5. The van der Waals surface area contributed by atoms with Crippen molar-refractivity contribution in [1.29, 1.82) is 0 Å². The highest BCUT2D eigenvalue weighted by atomic mass is 16.5. The Morgan fingerprint density at radius 3 is 1.52 bits per heavy atom. The van der Waals surface area contributed by atoms with Gasteiger partial charge in [0.25, 0.3) is 0 Å². The molecule has 0 aliphatic heterocycles. The molecule has 6 nitrogen and oxygen atoms in total. The van der Waals surface area contributed by atoms with Crippen molar-refractivity contribution in [3.8, 4) is 0 Å². The minimum absolute atomic E-state index is 0.0966. The Morgan fingerprint density at radius 1 is 0.562 bits per heavy atom. The third kappa shape index (κ3) is 36.7. The zero-order valence-electron chi connectivity index (χ0n) is 31.6. The van der Waals surface area contributed by atoms with Crippen molar-refractivity contribution in [1.82, 2.24) is 5.32 Å². The molecule has 280 valence electrons. The number of hydrogen-bond donors (Lipinski definition) is 2. The normalized spacial score (nSPS) is 12.2. The van der Waals surface area contributed by atoms with Crippen LogP contribution in [0.2, 0.25) is 0 Å². The van der Waals surface area contributed by atoms with Crippen LogP contribution >= 0.6 is 0 Å². The lowest BCUT2D eigenvalue weighted by molar-refractivity contribution is -0.147. The quantitative estimate of drug-likeness (QED) is 0.0388. The van der Waals surface area contributed by atoms with Crippen molar-refractivity contribution in [2.75, 3.05) is 6.54 Å². The second-order valence-corrected chi connectivity index (χ2v) is 13.9. The van der Waals surface area contributed by atoms with Gasteiger partial charge in [-0.1, -0.05) is 180 Å². The summed E-state index contributed by atoms with van der Waals surface area (Å²) >= 11 is 0. The van der Waals surface area contributed by atoms with E-state index in [4.69, 9.17) is 9.84 Å². The van der Waals surface area contributed by atoms with Crippen LogP contribution in [0.25, 0.3) is 0 Å². The van der Waals surface area contributed by atoms with E-state index in [1.807, 2.05) is 6.08 Å². The van der Waals surface area contributed by atoms with Gasteiger partial charge in [0.2, 0.25) is 5.91 Å². The van der Waals surface area contributed by atoms with Crippen molar-refractivity contribution in [3.63, 3.8) is 0 Å². The summed E-state index contributed by atoms with van der Waals surface area (Å²) in [5.74, 6) is -1.34. The number of aliphatic carboxylic acids is 1. The van der Waals surface area contributed by atoms with Gasteiger partial charge in [0, 0.05) is 12.8 Å². The lowest BCUT2D eigenvalue weighted by Crippen LogP contribution is -2.28. The second-order valence-electron chi connectivity index (χ2n) is 13.9. The molecule has 0 aromatic heterocycles. The van der Waals surface area contributed by atoms with E-state index in [2.05, 4.69) is 37.4 Å². The number of carbonyl (C=O) groups is 3. The Labute approximate surface area is 296 Å². The maximum absolute atomic E-state index is 12.6.